The lowest BCUT2D eigenvalue weighted by molar-refractivity contribution is 0.399. The molecular formula is C10H15Cl3N2O2S2. The lowest BCUT2D eigenvalue weighted by Crippen LogP contribution is -2.51. The Labute approximate surface area is 133 Å². The van der Waals surface area contributed by atoms with E-state index in [-0.39, 0.29) is 21.6 Å². The van der Waals surface area contributed by atoms with Crippen molar-refractivity contribution in [3.05, 3.63) is 14.7 Å². The van der Waals surface area contributed by atoms with Crippen LogP contribution < -0.4 is 10.5 Å². The molecule has 0 bridgehead atoms. The highest BCUT2D eigenvalue weighted by atomic mass is 35.5. The van der Waals surface area contributed by atoms with Gasteiger partial charge in [-0.15, -0.1) is 23.7 Å². The summed E-state index contributed by atoms with van der Waals surface area (Å²) >= 11 is 12.7. The Morgan fingerprint density at radius 3 is 2.37 bits per heavy atom. The molecule has 0 spiro atoms. The predicted octanol–water partition coefficient (Wildman–Crippen LogP) is 3.03. The lowest BCUT2D eigenvalue weighted by atomic mass is 10.0. The molecule has 9 heteroatoms. The van der Waals surface area contributed by atoms with E-state index < -0.39 is 15.6 Å². The molecule has 0 radical (unpaired) electrons. The number of halogens is 3. The summed E-state index contributed by atoms with van der Waals surface area (Å²) in [6, 6.07) is 1.37. The van der Waals surface area contributed by atoms with Crippen LogP contribution in [-0.2, 0) is 10.0 Å². The van der Waals surface area contributed by atoms with Crippen LogP contribution in [0.3, 0.4) is 0 Å². The molecule has 1 saturated carbocycles. The molecule has 1 aliphatic rings. The van der Waals surface area contributed by atoms with Crippen molar-refractivity contribution < 1.29 is 8.42 Å². The standard InChI is InChI=1S/C10H14Cl2N2O2S2.ClH/c11-8-5-7(9(12)17-8)18(15,16)14-10(6-13)3-1-2-4-10;/h5,14H,1-4,6,13H2;1H. The normalized spacial score (nSPS) is 18.3. The van der Waals surface area contributed by atoms with Crippen molar-refractivity contribution in [2.75, 3.05) is 6.54 Å². The summed E-state index contributed by atoms with van der Waals surface area (Å²) in [7, 11) is -3.66. The maximum absolute atomic E-state index is 12.3. The van der Waals surface area contributed by atoms with Crippen LogP contribution in [0.4, 0.5) is 0 Å². The highest BCUT2D eigenvalue weighted by molar-refractivity contribution is 7.89. The summed E-state index contributed by atoms with van der Waals surface area (Å²) in [5, 5.41) is 0. The molecule has 3 N–H and O–H groups in total. The van der Waals surface area contributed by atoms with Crippen LogP contribution in [0, 0.1) is 0 Å². The maximum atomic E-state index is 12.3. The summed E-state index contributed by atoms with van der Waals surface area (Å²) in [4.78, 5) is 0.0406. The van der Waals surface area contributed by atoms with Crippen LogP contribution in [0.1, 0.15) is 25.7 Å². The second-order valence-corrected chi connectivity index (χ2v) is 8.42. The van der Waals surface area contributed by atoms with Gasteiger partial charge in [0.1, 0.15) is 9.23 Å². The Kier molecular flexibility index (Phi) is 5.96. The van der Waals surface area contributed by atoms with E-state index in [4.69, 9.17) is 28.9 Å². The quantitative estimate of drug-likeness (QED) is 0.861. The third kappa shape index (κ3) is 3.75. The zero-order chi connectivity index (χ0) is 13.4. The van der Waals surface area contributed by atoms with Gasteiger partial charge in [0, 0.05) is 12.1 Å². The maximum Gasteiger partial charge on any atom is 0.243 e. The van der Waals surface area contributed by atoms with E-state index in [1.54, 1.807) is 0 Å². The zero-order valence-electron chi connectivity index (χ0n) is 9.99. The number of nitrogens with two attached hydrogens (primary N) is 1. The molecule has 0 aliphatic heterocycles. The first kappa shape index (κ1) is 17.5. The van der Waals surface area contributed by atoms with Gasteiger partial charge in [-0.05, 0) is 18.9 Å². The predicted molar refractivity (Wildman–Crippen MR) is 82.2 cm³/mol. The minimum Gasteiger partial charge on any atom is -0.329 e. The number of thiophene rings is 1. The zero-order valence-corrected chi connectivity index (χ0v) is 13.9. The largest absolute Gasteiger partial charge is 0.329 e. The first-order valence-corrected chi connectivity index (χ1v) is 8.63. The number of hydrogen-bond acceptors (Lipinski definition) is 4. The van der Waals surface area contributed by atoms with Gasteiger partial charge in [0.15, 0.2) is 0 Å². The fourth-order valence-corrected chi connectivity index (χ4v) is 5.87. The fourth-order valence-electron chi connectivity index (χ4n) is 2.25. The molecule has 0 atom stereocenters. The van der Waals surface area contributed by atoms with Gasteiger partial charge in [0.05, 0.1) is 4.34 Å². The Morgan fingerprint density at radius 2 is 1.95 bits per heavy atom. The summed E-state index contributed by atoms with van der Waals surface area (Å²) in [6.07, 6.45) is 3.49. The van der Waals surface area contributed by atoms with Crippen LogP contribution in [-0.4, -0.2) is 20.5 Å². The highest BCUT2D eigenvalue weighted by Gasteiger charge is 2.37. The van der Waals surface area contributed by atoms with Crippen LogP contribution >= 0.6 is 46.9 Å². The molecule has 1 aromatic heterocycles. The minimum atomic E-state index is -3.66. The first-order chi connectivity index (χ1) is 8.38. The fraction of sp³-hybridized carbons (Fsp3) is 0.600. The van der Waals surface area contributed by atoms with Crippen LogP contribution in [0.25, 0.3) is 0 Å². The van der Waals surface area contributed by atoms with Gasteiger partial charge in [0.25, 0.3) is 0 Å². The van der Waals surface area contributed by atoms with E-state index in [0.29, 0.717) is 10.9 Å². The Bertz CT molecular complexity index is 539. The second-order valence-electron chi connectivity index (χ2n) is 4.49. The molecule has 1 fully saturated rings. The molecule has 1 aliphatic carbocycles. The van der Waals surface area contributed by atoms with E-state index in [2.05, 4.69) is 4.72 Å². The van der Waals surface area contributed by atoms with Crippen molar-refractivity contribution in [2.45, 2.75) is 36.1 Å². The van der Waals surface area contributed by atoms with Crippen molar-refractivity contribution in [1.82, 2.24) is 4.72 Å². The van der Waals surface area contributed by atoms with Crippen molar-refractivity contribution in [2.24, 2.45) is 5.73 Å². The van der Waals surface area contributed by atoms with Crippen molar-refractivity contribution in [3.8, 4) is 0 Å². The molecule has 0 unspecified atom stereocenters. The molecular weight excluding hydrogens is 351 g/mol. The second kappa shape index (κ2) is 6.47. The average Bonchev–Trinajstić information content (AvgIpc) is 2.86. The Balaban J connectivity index is 0.00000180. The van der Waals surface area contributed by atoms with E-state index in [1.165, 1.54) is 6.07 Å². The van der Waals surface area contributed by atoms with Crippen molar-refractivity contribution >= 4 is 57.0 Å². The van der Waals surface area contributed by atoms with E-state index in [1.807, 2.05) is 0 Å². The SMILES string of the molecule is Cl.NCC1(NS(=O)(=O)c2cc(Cl)sc2Cl)CCCC1. The molecule has 4 nitrogen and oxygen atoms in total. The first-order valence-electron chi connectivity index (χ1n) is 5.57. The average molecular weight is 366 g/mol. The molecule has 0 aromatic carbocycles. The molecule has 0 amide bonds. The van der Waals surface area contributed by atoms with Gasteiger partial charge < -0.3 is 5.73 Å². The van der Waals surface area contributed by atoms with Crippen molar-refractivity contribution in [1.29, 1.82) is 0 Å². The van der Waals surface area contributed by atoms with E-state index >= 15 is 0 Å². The van der Waals surface area contributed by atoms with E-state index in [0.717, 1.165) is 37.0 Å². The monoisotopic (exact) mass is 364 g/mol. The molecule has 19 heavy (non-hydrogen) atoms. The number of nitrogens with one attached hydrogen (secondary N) is 1. The Morgan fingerprint density at radius 1 is 1.37 bits per heavy atom. The van der Waals surface area contributed by atoms with Gasteiger partial charge in [-0.2, -0.15) is 0 Å². The highest BCUT2D eigenvalue weighted by Crippen LogP contribution is 2.36. The van der Waals surface area contributed by atoms with Crippen LogP contribution in [0.5, 0.6) is 0 Å². The summed E-state index contributed by atoms with van der Waals surface area (Å²) in [5.41, 5.74) is 5.18. The van der Waals surface area contributed by atoms with Crippen LogP contribution in [0.2, 0.25) is 8.67 Å². The third-order valence-corrected chi connectivity index (χ3v) is 6.55. The molecule has 1 aromatic rings. The molecule has 1 heterocycles. The van der Waals surface area contributed by atoms with Gasteiger partial charge >= 0.3 is 0 Å². The van der Waals surface area contributed by atoms with E-state index in [9.17, 15) is 8.42 Å². The summed E-state index contributed by atoms with van der Waals surface area (Å²) in [5.74, 6) is 0. The number of hydrogen-bond donors (Lipinski definition) is 2. The smallest absolute Gasteiger partial charge is 0.243 e. The lowest BCUT2D eigenvalue weighted by Gasteiger charge is -2.28. The summed E-state index contributed by atoms with van der Waals surface area (Å²) in [6.45, 7) is 0.293. The van der Waals surface area contributed by atoms with Gasteiger partial charge in [-0.25, -0.2) is 13.1 Å². The molecule has 110 valence electrons. The number of sulfonamides is 1. The third-order valence-electron chi connectivity index (χ3n) is 3.22. The number of rotatable bonds is 4. The van der Waals surface area contributed by atoms with Crippen LogP contribution in [0.15, 0.2) is 11.0 Å². The van der Waals surface area contributed by atoms with Gasteiger partial charge in [0.2, 0.25) is 10.0 Å². The minimum absolute atomic E-state index is 0. The molecule has 0 saturated heterocycles. The van der Waals surface area contributed by atoms with Gasteiger partial charge in [-0.3, -0.25) is 0 Å². The van der Waals surface area contributed by atoms with Crippen molar-refractivity contribution in [3.63, 3.8) is 0 Å². The topological polar surface area (TPSA) is 72.2 Å². The summed E-state index contributed by atoms with van der Waals surface area (Å²) < 4.78 is 27.8. The Hall–Kier alpha value is 0.440. The van der Waals surface area contributed by atoms with Gasteiger partial charge in [-0.1, -0.05) is 36.0 Å². The molecule has 2 rings (SSSR count).